The van der Waals surface area contributed by atoms with Crippen molar-refractivity contribution in [3.63, 3.8) is 0 Å². The molecule has 0 spiro atoms. The minimum atomic E-state index is 0.721. The summed E-state index contributed by atoms with van der Waals surface area (Å²) in [5.74, 6) is 0. The zero-order chi connectivity index (χ0) is 12.3. The van der Waals surface area contributed by atoms with Crippen LogP contribution in [0, 0.1) is 13.8 Å². The van der Waals surface area contributed by atoms with Crippen molar-refractivity contribution >= 4 is 17.2 Å². The number of hydrogen-bond acceptors (Lipinski definition) is 1. The Kier molecular flexibility index (Phi) is 3.49. The lowest BCUT2D eigenvalue weighted by molar-refractivity contribution is -0.640. The molecule has 1 aromatic heterocycles. The minimum absolute atomic E-state index is 0.721. The monoisotopic (exact) mass is 243 g/mol. The van der Waals surface area contributed by atoms with E-state index in [-0.39, 0.29) is 0 Å². The molecule has 0 saturated carbocycles. The molecule has 86 valence electrons. The summed E-state index contributed by atoms with van der Waals surface area (Å²) in [6.07, 6.45) is 3.91. The van der Waals surface area contributed by atoms with E-state index in [4.69, 9.17) is 12.2 Å². The Labute approximate surface area is 107 Å². The molecule has 0 atom stereocenters. The highest BCUT2D eigenvalue weighted by Gasteiger charge is 2.05. The molecule has 1 N–H and O–H groups in total. The quantitative estimate of drug-likeness (QED) is 0.644. The standard InChI is InChI=1S/C14H14N2S/c1-11-3-5-13(6-4-11)14(17)15-16-9-7-12(2)8-10-16/h3-10H,1-2H3/p+1. The van der Waals surface area contributed by atoms with Crippen LogP contribution in [0.3, 0.4) is 0 Å². The van der Waals surface area contributed by atoms with E-state index in [1.807, 2.05) is 41.3 Å². The molecule has 0 aliphatic carbocycles. The molecule has 2 nitrogen and oxygen atoms in total. The predicted molar refractivity (Wildman–Crippen MR) is 73.6 cm³/mol. The molecule has 0 unspecified atom stereocenters. The number of nitrogens with zero attached hydrogens (tertiary/aromatic N) is 1. The van der Waals surface area contributed by atoms with Crippen molar-refractivity contribution in [1.29, 1.82) is 0 Å². The number of thiocarbonyl (C=S) groups is 1. The second kappa shape index (κ2) is 5.06. The Hall–Kier alpha value is -1.74. The molecule has 0 radical (unpaired) electrons. The molecule has 0 saturated heterocycles. The van der Waals surface area contributed by atoms with Crippen LogP contribution in [0.4, 0.5) is 0 Å². The predicted octanol–water partition coefficient (Wildman–Crippen LogP) is 2.51. The lowest BCUT2D eigenvalue weighted by atomic mass is 10.1. The summed E-state index contributed by atoms with van der Waals surface area (Å²) in [7, 11) is 0. The molecule has 2 aromatic rings. The number of hydrogen-bond donors (Lipinski definition) is 1. The van der Waals surface area contributed by atoms with Gasteiger partial charge in [-0.05, 0) is 19.4 Å². The third-order valence-corrected chi connectivity index (χ3v) is 2.87. The van der Waals surface area contributed by atoms with E-state index < -0.39 is 0 Å². The van der Waals surface area contributed by atoms with E-state index in [1.54, 1.807) is 0 Å². The maximum absolute atomic E-state index is 5.35. The van der Waals surface area contributed by atoms with Crippen molar-refractivity contribution in [3.05, 3.63) is 65.5 Å². The summed E-state index contributed by atoms with van der Waals surface area (Å²) >= 11 is 5.35. The molecule has 0 bridgehead atoms. The SMILES string of the molecule is Cc1ccc(C(=S)N[n+]2ccc(C)cc2)cc1. The van der Waals surface area contributed by atoms with E-state index in [0.29, 0.717) is 0 Å². The van der Waals surface area contributed by atoms with Gasteiger partial charge < -0.3 is 0 Å². The summed E-state index contributed by atoms with van der Waals surface area (Å²) in [6.45, 7) is 4.12. The van der Waals surface area contributed by atoms with Crippen molar-refractivity contribution in [2.75, 3.05) is 5.43 Å². The van der Waals surface area contributed by atoms with Gasteiger partial charge in [0.2, 0.25) is 0 Å². The molecule has 17 heavy (non-hydrogen) atoms. The van der Waals surface area contributed by atoms with Gasteiger partial charge in [-0.3, -0.25) is 0 Å². The minimum Gasteiger partial charge on any atom is -0.149 e. The van der Waals surface area contributed by atoms with Gasteiger partial charge in [0.1, 0.15) is 0 Å². The molecular formula is C14H15N2S+. The van der Waals surface area contributed by atoms with Crippen LogP contribution in [0.1, 0.15) is 16.7 Å². The number of nitrogens with one attached hydrogen (secondary N) is 1. The number of aromatic nitrogens is 1. The molecular weight excluding hydrogens is 228 g/mol. The van der Waals surface area contributed by atoms with Crippen LogP contribution in [0.15, 0.2) is 48.8 Å². The van der Waals surface area contributed by atoms with Crippen molar-refractivity contribution in [2.24, 2.45) is 0 Å². The van der Waals surface area contributed by atoms with Gasteiger partial charge in [-0.15, -0.1) is 5.43 Å². The maximum atomic E-state index is 5.35. The molecule has 1 aromatic carbocycles. The van der Waals surface area contributed by atoms with Crippen LogP contribution >= 0.6 is 12.2 Å². The average molecular weight is 243 g/mol. The maximum Gasteiger partial charge on any atom is 0.200 e. The van der Waals surface area contributed by atoms with Crippen LogP contribution < -0.4 is 10.1 Å². The number of rotatable bonds is 2. The lowest BCUT2D eigenvalue weighted by Crippen LogP contribution is -2.47. The Morgan fingerprint density at radius 1 is 0.941 bits per heavy atom. The van der Waals surface area contributed by atoms with E-state index >= 15 is 0 Å². The largest absolute Gasteiger partial charge is 0.200 e. The summed E-state index contributed by atoms with van der Waals surface area (Å²) < 4.78 is 1.86. The average Bonchev–Trinajstić information content (AvgIpc) is 2.33. The first-order valence-corrected chi connectivity index (χ1v) is 5.92. The van der Waals surface area contributed by atoms with Gasteiger partial charge in [-0.2, -0.15) is 0 Å². The summed E-state index contributed by atoms with van der Waals surface area (Å²) in [6, 6.07) is 12.2. The molecule has 0 fully saturated rings. The molecule has 0 amide bonds. The highest BCUT2D eigenvalue weighted by Crippen LogP contribution is 2.03. The second-order valence-electron chi connectivity index (χ2n) is 4.09. The summed E-state index contributed by atoms with van der Waals surface area (Å²) in [4.78, 5) is 0.721. The highest BCUT2D eigenvalue weighted by atomic mass is 32.1. The van der Waals surface area contributed by atoms with E-state index in [2.05, 4.69) is 31.4 Å². The first-order valence-electron chi connectivity index (χ1n) is 5.51. The van der Waals surface area contributed by atoms with Gasteiger partial charge in [0.05, 0.1) is 0 Å². The van der Waals surface area contributed by atoms with Crippen molar-refractivity contribution in [3.8, 4) is 0 Å². The normalized spacial score (nSPS) is 10.0. The summed E-state index contributed by atoms with van der Waals surface area (Å²) in [5, 5.41) is 0. The van der Waals surface area contributed by atoms with Crippen LogP contribution in [-0.4, -0.2) is 4.99 Å². The number of benzene rings is 1. The second-order valence-corrected chi connectivity index (χ2v) is 4.50. The fourth-order valence-electron chi connectivity index (χ4n) is 1.46. The van der Waals surface area contributed by atoms with E-state index in [0.717, 1.165) is 10.6 Å². The van der Waals surface area contributed by atoms with Gasteiger partial charge in [0.25, 0.3) is 0 Å². The zero-order valence-electron chi connectivity index (χ0n) is 9.97. The van der Waals surface area contributed by atoms with Crippen LogP contribution in [0.2, 0.25) is 0 Å². The van der Waals surface area contributed by atoms with E-state index in [1.165, 1.54) is 11.1 Å². The van der Waals surface area contributed by atoms with Crippen LogP contribution in [0.25, 0.3) is 0 Å². The molecule has 0 aliphatic rings. The van der Waals surface area contributed by atoms with Gasteiger partial charge >= 0.3 is 0 Å². The van der Waals surface area contributed by atoms with Crippen molar-refractivity contribution < 1.29 is 4.68 Å². The third-order valence-electron chi connectivity index (χ3n) is 2.54. The first-order chi connectivity index (χ1) is 8.15. The van der Waals surface area contributed by atoms with Crippen LogP contribution in [0.5, 0.6) is 0 Å². The fraction of sp³-hybridized carbons (Fsp3) is 0.143. The zero-order valence-corrected chi connectivity index (χ0v) is 10.8. The Morgan fingerprint density at radius 3 is 2.06 bits per heavy atom. The highest BCUT2D eigenvalue weighted by molar-refractivity contribution is 7.81. The van der Waals surface area contributed by atoms with Gasteiger partial charge in [0, 0.05) is 17.7 Å². The third kappa shape index (κ3) is 3.11. The van der Waals surface area contributed by atoms with E-state index in [9.17, 15) is 0 Å². The number of pyridine rings is 1. The Morgan fingerprint density at radius 2 is 1.47 bits per heavy atom. The Bertz CT molecular complexity index is 515. The molecule has 3 heteroatoms. The molecule has 1 heterocycles. The smallest absolute Gasteiger partial charge is 0.149 e. The Balaban J connectivity index is 2.11. The fourth-order valence-corrected chi connectivity index (χ4v) is 1.70. The van der Waals surface area contributed by atoms with Gasteiger partial charge in [-0.1, -0.05) is 46.7 Å². The number of aryl methyl sites for hydroxylation is 2. The van der Waals surface area contributed by atoms with Gasteiger partial charge in [0.15, 0.2) is 17.4 Å². The van der Waals surface area contributed by atoms with Gasteiger partial charge in [-0.25, -0.2) is 0 Å². The van der Waals surface area contributed by atoms with Crippen molar-refractivity contribution in [1.82, 2.24) is 0 Å². The topological polar surface area (TPSA) is 15.9 Å². The lowest BCUT2D eigenvalue weighted by Gasteiger charge is -2.03. The van der Waals surface area contributed by atoms with Crippen LogP contribution in [-0.2, 0) is 0 Å². The first kappa shape index (κ1) is 11.7. The summed E-state index contributed by atoms with van der Waals surface area (Å²) in [5.41, 5.74) is 6.64. The molecule has 0 aliphatic heterocycles. The molecule has 2 rings (SSSR count). The van der Waals surface area contributed by atoms with Crippen molar-refractivity contribution in [2.45, 2.75) is 13.8 Å².